The van der Waals surface area contributed by atoms with Gasteiger partial charge in [-0.15, -0.1) is 23.1 Å². The summed E-state index contributed by atoms with van der Waals surface area (Å²) in [6.07, 6.45) is 7.43. The number of ether oxygens (including phenoxy) is 1. The van der Waals surface area contributed by atoms with Crippen molar-refractivity contribution >= 4 is 39.2 Å². The highest BCUT2D eigenvalue weighted by atomic mass is 32.2. The molecular formula is C25H31N3O3S2. The van der Waals surface area contributed by atoms with Crippen LogP contribution in [0.25, 0.3) is 21.3 Å². The van der Waals surface area contributed by atoms with Gasteiger partial charge in [-0.2, -0.15) is 0 Å². The van der Waals surface area contributed by atoms with Crippen LogP contribution in [0.2, 0.25) is 0 Å². The summed E-state index contributed by atoms with van der Waals surface area (Å²) >= 11 is 2.95. The Hall–Kier alpha value is -2.16. The van der Waals surface area contributed by atoms with E-state index in [9.17, 15) is 9.59 Å². The lowest BCUT2D eigenvalue weighted by molar-refractivity contribution is -0.120. The maximum atomic E-state index is 12.8. The largest absolute Gasteiger partial charge is 0.378 e. The topological polar surface area (TPSA) is 84.1 Å². The van der Waals surface area contributed by atoms with Crippen molar-refractivity contribution in [1.82, 2.24) is 15.3 Å². The second-order valence-corrected chi connectivity index (χ2v) is 10.6. The number of nitrogens with zero attached hydrogens (tertiary/aromatic N) is 1. The van der Waals surface area contributed by atoms with Crippen LogP contribution in [-0.2, 0) is 15.3 Å². The summed E-state index contributed by atoms with van der Waals surface area (Å²) in [5.74, 6) is 1.08. The van der Waals surface area contributed by atoms with Crippen molar-refractivity contribution in [3.63, 3.8) is 0 Å². The van der Waals surface area contributed by atoms with E-state index in [0.717, 1.165) is 22.4 Å². The Kier molecular flexibility index (Phi) is 8.58. The number of rotatable bonds is 10. The molecule has 6 nitrogen and oxygen atoms in total. The lowest BCUT2D eigenvalue weighted by Gasteiger charge is -2.22. The van der Waals surface area contributed by atoms with Gasteiger partial charge >= 0.3 is 0 Å². The van der Waals surface area contributed by atoms with E-state index in [1.54, 1.807) is 0 Å². The van der Waals surface area contributed by atoms with E-state index in [-0.39, 0.29) is 16.7 Å². The minimum Gasteiger partial charge on any atom is -0.378 e. The maximum Gasteiger partial charge on any atom is 0.260 e. The zero-order valence-corrected chi connectivity index (χ0v) is 20.6. The normalized spacial score (nSPS) is 15.5. The number of aromatic nitrogens is 2. The molecule has 0 bridgehead atoms. The van der Waals surface area contributed by atoms with Gasteiger partial charge in [-0.1, -0.05) is 49.6 Å². The molecule has 2 heterocycles. The molecule has 3 aromatic rings. The molecule has 1 atom stereocenters. The van der Waals surface area contributed by atoms with Gasteiger partial charge in [0.25, 0.3) is 5.56 Å². The van der Waals surface area contributed by atoms with Crippen molar-refractivity contribution in [2.45, 2.75) is 62.6 Å². The number of thiophene rings is 1. The molecular weight excluding hydrogens is 454 g/mol. The SMILES string of the molecule is C[C@H](SCc1nc2scc(-c3ccccc3)c2c(=O)[nH]1)C(=O)NCCCOC1CCCCC1. The van der Waals surface area contributed by atoms with Crippen LogP contribution in [-0.4, -0.2) is 40.4 Å². The fourth-order valence-electron chi connectivity index (χ4n) is 4.08. The molecule has 2 aromatic heterocycles. The zero-order chi connectivity index (χ0) is 23.0. The first-order valence-electron chi connectivity index (χ1n) is 11.7. The molecule has 0 radical (unpaired) electrons. The van der Waals surface area contributed by atoms with E-state index in [1.165, 1.54) is 55.2 Å². The molecule has 33 heavy (non-hydrogen) atoms. The van der Waals surface area contributed by atoms with E-state index in [1.807, 2.05) is 42.6 Å². The van der Waals surface area contributed by atoms with Crippen LogP contribution < -0.4 is 10.9 Å². The van der Waals surface area contributed by atoms with Crippen molar-refractivity contribution in [2.75, 3.05) is 13.2 Å². The molecule has 1 amide bonds. The Morgan fingerprint density at radius 3 is 2.85 bits per heavy atom. The minimum absolute atomic E-state index is 0.00331. The average Bonchev–Trinajstić information content (AvgIpc) is 3.28. The van der Waals surface area contributed by atoms with E-state index in [2.05, 4.69) is 15.3 Å². The van der Waals surface area contributed by atoms with Crippen LogP contribution >= 0.6 is 23.1 Å². The average molecular weight is 486 g/mol. The molecule has 1 aliphatic carbocycles. The number of carbonyl (C=O) groups is 1. The number of carbonyl (C=O) groups excluding carboxylic acids is 1. The van der Waals surface area contributed by atoms with Crippen molar-refractivity contribution in [3.05, 3.63) is 51.9 Å². The molecule has 0 aliphatic heterocycles. The summed E-state index contributed by atoms with van der Waals surface area (Å²) < 4.78 is 5.91. The van der Waals surface area contributed by atoms with E-state index < -0.39 is 0 Å². The summed E-state index contributed by atoms with van der Waals surface area (Å²) in [5.41, 5.74) is 1.78. The number of aromatic amines is 1. The number of H-pyrrole nitrogens is 1. The number of hydrogen-bond acceptors (Lipinski definition) is 6. The second kappa shape index (κ2) is 11.8. The van der Waals surface area contributed by atoms with Crippen LogP contribution in [0.15, 0.2) is 40.5 Å². The minimum atomic E-state index is -0.228. The molecule has 4 rings (SSSR count). The Bertz CT molecular complexity index is 1110. The first-order valence-corrected chi connectivity index (χ1v) is 13.6. The molecule has 8 heteroatoms. The first kappa shape index (κ1) is 24.0. The Morgan fingerprint density at radius 2 is 2.06 bits per heavy atom. The number of hydrogen-bond donors (Lipinski definition) is 2. The van der Waals surface area contributed by atoms with Gasteiger partial charge in [0.05, 0.1) is 22.5 Å². The first-order chi connectivity index (χ1) is 16.1. The number of nitrogens with one attached hydrogen (secondary N) is 2. The van der Waals surface area contributed by atoms with Crippen molar-refractivity contribution in [3.8, 4) is 11.1 Å². The Balaban J connectivity index is 1.24. The van der Waals surface area contributed by atoms with Crippen molar-refractivity contribution in [2.24, 2.45) is 0 Å². The van der Waals surface area contributed by atoms with Crippen LogP contribution in [0.1, 0.15) is 51.3 Å². The highest BCUT2D eigenvalue weighted by molar-refractivity contribution is 7.99. The van der Waals surface area contributed by atoms with Crippen LogP contribution in [0.4, 0.5) is 0 Å². The maximum absolute atomic E-state index is 12.8. The molecule has 2 N–H and O–H groups in total. The smallest absolute Gasteiger partial charge is 0.260 e. The van der Waals surface area contributed by atoms with Crippen molar-refractivity contribution in [1.29, 1.82) is 0 Å². The van der Waals surface area contributed by atoms with Gasteiger partial charge < -0.3 is 15.0 Å². The summed E-state index contributed by atoms with van der Waals surface area (Å²) in [5, 5.41) is 5.37. The molecule has 1 aliphatic rings. The van der Waals surface area contributed by atoms with E-state index in [4.69, 9.17) is 4.74 Å². The summed E-state index contributed by atoms with van der Waals surface area (Å²) in [4.78, 5) is 33.4. The zero-order valence-electron chi connectivity index (χ0n) is 19.0. The fourth-order valence-corrected chi connectivity index (χ4v) is 5.83. The molecule has 176 valence electrons. The molecule has 0 unspecified atom stereocenters. The summed E-state index contributed by atoms with van der Waals surface area (Å²) in [6, 6.07) is 9.86. The molecule has 1 saturated carbocycles. The second-order valence-electron chi connectivity index (χ2n) is 8.44. The fraction of sp³-hybridized carbons (Fsp3) is 0.480. The van der Waals surface area contributed by atoms with Crippen molar-refractivity contribution < 1.29 is 9.53 Å². The summed E-state index contributed by atoms with van der Waals surface area (Å²) in [7, 11) is 0. The third-order valence-corrected chi connectivity index (χ3v) is 7.97. The Labute approximate surface area is 202 Å². The van der Waals surface area contributed by atoms with Gasteiger partial charge in [-0.05, 0) is 31.7 Å². The lowest BCUT2D eigenvalue weighted by Crippen LogP contribution is -2.32. The number of thioether (sulfide) groups is 1. The van der Waals surface area contributed by atoms with Gasteiger partial charge in [0.2, 0.25) is 5.91 Å². The highest BCUT2D eigenvalue weighted by Crippen LogP contribution is 2.30. The van der Waals surface area contributed by atoms with Crippen LogP contribution in [0, 0.1) is 0 Å². The number of amides is 1. The number of benzene rings is 1. The molecule has 0 saturated heterocycles. The summed E-state index contributed by atoms with van der Waals surface area (Å²) in [6.45, 7) is 3.20. The molecule has 1 fully saturated rings. The third-order valence-electron chi connectivity index (χ3n) is 5.94. The van der Waals surface area contributed by atoms with Crippen LogP contribution in [0.5, 0.6) is 0 Å². The van der Waals surface area contributed by atoms with Crippen LogP contribution in [0.3, 0.4) is 0 Å². The van der Waals surface area contributed by atoms with Gasteiger partial charge in [0.15, 0.2) is 0 Å². The van der Waals surface area contributed by atoms with Gasteiger partial charge in [0, 0.05) is 24.1 Å². The molecule has 0 spiro atoms. The Morgan fingerprint density at radius 1 is 1.27 bits per heavy atom. The predicted octanol–water partition coefficient (Wildman–Crippen LogP) is 5.13. The quantitative estimate of drug-likeness (QED) is 0.389. The molecule has 1 aromatic carbocycles. The standard InChI is InChI=1S/C25H31N3O3S2/c1-17(23(29)26-13-8-14-31-19-11-6-3-7-12-19)32-16-21-27-24(30)22-20(15-33-25(22)28-21)18-9-4-2-5-10-18/h2,4-5,9-10,15,17,19H,3,6-8,11-14,16H2,1H3,(H,26,29)(H,27,28,30)/t17-/m0/s1. The monoisotopic (exact) mass is 485 g/mol. The van der Waals surface area contributed by atoms with Gasteiger partial charge in [-0.25, -0.2) is 4.98 Å². The van der Waals surface area contributed by atoms with E-state index in [0.29, 0.717) is 36.2 Å². The highest BCUT2D eigenvalue weighted by Gasteiger charge is 2.17. The lowest BCUT2D eigenvalue weighted by atomic mass is 9.98. The van der Waals surface area contributed by atoms with Gasteiger partial charge in [0.1, 0.15) is 10.7 Å². The number of fused-ring (bicyclic) bond motifs is 1. The van der Waals surface area contributed by atoms with E-state index >= 15 is 0 Å². The third kappa shape index (κ3) is 6.46. The van der Waals surface area contributed by atoms with Gasteiger partial charge in [-0.3, -0.25) is 9.59 Å². The predicted molar refractivity (Wildman–Crippen MR) is 137 cm³/mol.